The van der Waals surface area contributed by atoms with Crippen molar-refractivity contribution in [2.24, 2.45) is 0 Å². The van der Waals surface area contributed by atoms with E-state index in [2.05, 4.69) is 0 Å². The summed E-state index contributed by atoms with van der Waals surface area (Å²) in [5, 5.41) is 7.36. The van der Waals surface area contributed by atoms with Crippen LogP contribution in [-0.4, -0.2) is 17.8 Å². The second-order valence-corrected chi connectivity index (χ2v) is 2.36. The molecule has 0 saturated heterocycles. The van der Waals surface area contributed by atoms with Crippen LogP contribution in [0.1, 0.15) is 20.8 Å². The molecule has 0 radical (unpaired) electrons. The molecule has 11 heavy (non-hydrogen) atoms. The molecule has 2 nitrogen and oxygen atoms in total. The minimum Gasteiger partial charge on any atom is -0.334 e. The Morgan fingerprint density at radius 1 is 1.36 bits per heavy atom. The average molecular weight is 152 g/mol. The molecule has 0 rings (SSSR count). The lowest BCUT2D eigenvalue weighted by atomic mass is 10.3. The van der Waals surface area contributed by atoms with E-state index in [9.17, 15) is 0 Å². The summed E-state index contributed by atoms with van der Waals surface area (Å²) >= 11 is 0. The third-order valence-corrected chi connectivity index (χ3v) is 1.52. The van der Waals surface area contributed by atoms with Gasteiger partial charge in [-0.3, -0.25) is 5.41 Å². The molecule has 0 aromatic carbocycles. The van der Waals surface area contributed by atoms with Crippen LogP contribution in [0, 0.1) is 5.41 Å². The Bertz CT molecular complexity index is 190. The molecule has 0 spiro atoms. The van der Waals surface area contributed by atoms with Crippen LogP contribution in [0.5, 0.6) is 0 Å². The minimum absolute atomic E-state index is 0.552. The van der Waals surface area contributed by atoms with Crippen molar-refractivity contribution in [1.82, 2.24) is 4.90 Å². The van der Waals surface area contributed by atoms with Gasteiger partial charge in [0.2, 0.25) is 0 Å². The van der Waals surface area contributed by atoms with Crippen molar-refractivity contribution in [3.8, 4) is 0 Å². The van der Waals surface area contributed by atoms with E-state index in [1.165, 1.54) is 0 Å². The number of nitrogens with one attached hydrogen (secondary N) is 1. The number of nitrogens with zero attached hydrogens (tertiary/aromatic N) is 1. The summed E-state index contributed by atoms with van der Waals surface area (Å²) in [6, 6.07) is 0. The zero-order chi connectivity index (χ0) is 8.85. The molecule has 0 fully saturated rings. The summed E-state index contributed by atoms with van der Waals surface area (Å²) in [7, 11) is 1.89. The van der Waals surface area contributed by atoms with Crippen molar-refractivity contribution in [3.05, 3.63) is 23.9 Å². The van der Waals surface area contributed by atoms with E-state index < -0.39 is 0 Å². The molecular formula is C9H16N2. The van der Waals surface area contributed by atoms with E-state index in [1.807, 2.05) is 44.0 Å². The molecule has 62 valence electrons. The van der Waals surface area contributed by atoms with Gasteiger partial charge in [-0.25, -0.2) is 0 Å². The molecule has 0 unspecified atom stereocenters. The predicted molar refractivity (Wildman–Crippen MR) is 49.7 cm³/mol. The Morgan fingerprint density at radius 3 is 2.18 bits per heavy atom. The fraction of sp³-hybridized carbons (Fsp3) is 0.444. The van der Waals surface area contributed by atoms with Gasteiger partial charge in [0.05, 0.1) is 5.84 Å². The van der Waals surface area contributed by atoms with E-state index in [1.54, 1.807) is 6.92 Å². The zero-order valence-electron chi connectivity index (χ0n) is 7.68. The van der Waals surface area contributed by atoms with E-state index in [4.69, 9.17) is 5.41 Å². The molecule has 1 N–H and O–H groups in total. The van der Waals surface area contributed by atoms with Crippen LogP contribution < -0.4 is 0 Å². The van der Waals surface area contributed by atoms with Crippen LogP contribution in [0.15, 0.2) is 23.9 Å². The van der Waals surface area contributed by atoms with Gasteiger partial charge in [0, 0.05) is 12.7 Å². The molecule has 2 heteroatoms. The topological polar surface area (TPSA) is 27.1 Å². The Balaban J connectivity index is 4.40. The van der Waals surface area contributed by atoms with Crippen molar-refractivity contribution in [1.29, 1.82) is 5.41 Å². The Labute approximate surface area is 68.7 Å². The average Bonchev–Trinajstić information content (AvgIpc) is 1.98. The molecule has 0 aromatic rings. The molecular weight excluding hydrogens is 136 g/mol. The van der Waals surface area contributed by atoms with Gasteiger partial charge in [0.25, 0.3) is 0 Å². The maximum Gasteiger partial charge on any atom is 0.0967 e. The first-order valence-corrected chi connectivity index (χ1v) is 3.71. The lowest BCUT2D eigenvalue weighted by molar-refractivity contribution is 0.636. The second kappa shape index (κ2) is 4.72. The summed E-state index contributed by atoms with van der Waals surface area (Å²) in [6.07, 6.45) is 5.94. The van der Waals surface area contributed by atoms with Crippen LogP contribution in [-0.2, 0) is 0 Å². The van der Waals surface area contributed by atoms with Crippen LogP contribution >= 0.6 is 0 Å². The number of amidine groups is 1. The number of rotatable bonds is 2. The van der Waals surface area contributed by atoms with E-state index in [-0.39, 0.29) is 0 Å². The Hall–Kier alpha value is -1.05. The van der Waals surface area contributed by atoms with Crippen LogP contribution in [0.25, 0.3) is 0 Å². The van der Waals surface area contributed by atoms with Gasteiger partial charge < -0.3 is 4.90 Å². The minimum atomic E-state index is 0.552. The van der Waals surface area contributed by atoms with E-state index in [0.717, 1.165) is 5.70 Å². The highest BCUT2D eigenvalue weighted by atomic mass is 15.1. The molecule has 0 aromatic heterocycles. The van der Waals surface area contributed by atoms with Crippen molar-refractivity contribution in [2.45, 2.75) is 20.8 Å². The second-order valence-electron chi connectivity index (χ2n) is 2.36. The highest BCUT2D eigenvalue weighted by molar-refractivity contribution is 5.78. The summed E-state index contributed by atoms with van der Waals surface area (Å²) in [5.74, 6) is 0.552. The standard InChI is InChI=1S/C9H16N2/c1-5-7-9(6-2)11(4)8(3)10/h5-7,10H,1-4H3/b7-5-,9-6+,10-8?. The number of hydrogen-bond donors (Lipinski definition) is 1. The highest BCUT2D eigenvalue weighted by Crippen LogP contribution is 2.02. The van der Waals surface area contributed by atoms with E-state index >= 15 is 0 Å². The zero-order valence-corrected chi connectivity index (χ0v) is 7.68. The first-order chi connectivity index (χ1) is 5.13. The van der Waals surface area contributed by atoms with Crippen molar-refractivity contribution in [3.63, 3.8) is 0 Å². The van der Waals surface area contributed by atoms with Crippen molar-refractivity contribution in [2.75, 3.05) is 7.05 Å². The van der Waals surface area contributed by atoms with Crippen LogP contribution in [0.4, 0.5) is 0 Å². The molecule has 0 bridgehead atoms. The van der Waals surface area contributed by atoms with Crippen molar-refractivity contribution < 1.29 is 0 Å². The summed E-state index contributed by atoms with van der Waals surface area (Å²) < 4.78 is 0. The molecule has 0 amide bonds. The van der Waals surface area contributed by atoms with Gasteiger partial charge in [0.15, 0.2) is 0 Å². The molecule has 0 aliphatic heterocycles. The highest BCUT2D eigenvalue weighted by Gasteiger charge is 1.99. The fourth-order valence-corrected chi connectivity index (χ4v) is 0.766. The maximum atomic E-state index is 7.36. The number of hydrogen-bond acceptors (Lipinski definition) is 1. The normalized spacial score (nSPS) is 12.2. The van der Waals surface area contributed by atoms with Gasteiger partial charge in [-0.05, 0) is 26.8 Å². The smallest absolute Gasteiger partial charge is 0.0967 e. The van der Waals surface area contributed by atoms with Crippen LogP contribution in [0.3, 0.4) is 0 Å². The van der Waals surface area contributed by atoms with Gasteiger partial charge in [0.1, 0.15) is 0 Å². The summed E-state index contributed by atoms with van der Waals surface area (Å²) in [4.78, 5) is 1.83. The quantitative estimate of drug-likeness (QED) is 0.367. The summed E-state index contributed by atoms with van der Waals surface area (Å²) in [5.41, 5.74) is 1.06. The molecule has 0 aliphatic carbocycles. The monoisotopic (exact) mass is 152 g/mol. The first-order valence-electron chi connectivity index (χ1n) is 3.71. The first kappa shape index (κ1) is 9.95. The lowest BCUT2D eigenvalue weighted by Gasteiger charge is -2.17. The molecule has 0 aliphatic rings. The predicted octanol–water partition coefficient (Wildman–Crippen LogP) is 2.40. The SMILES string of the molecule is C/C=C\C(=C/C)N(C)C(C)=N. The van der Waals surface area contributed by atoms with Crippen molar-refractivity contribution >= 4 is 5.84 Å². The maximum absolute atomic E-state index is 7.36. The van der Waals surface area contributed by atoms with Gasteiger partial charge >= 0.3 is 0 Å². The fourth-order valence-electron chi connectivity index (χ4n) is 0.766. The third-order valence-electron chi connectivity index (χ3n) is 1.52. The summed E-state index contributed by atoms with van der Waals surface area (Å²) in [6.45, 7) is 5.71. The van der Waals surface area contributed by atoms with Gasteiger partial charge in [-0.2, -0.15) is 0 Å². The number of allylic oxidation sites excluding steroid dienone is 3. The van der Waals surface area contributed by atoms with Gasteiger partial charge in [-0.15, -0.1) is 0 Å². The largest absolute Gasteiger partial charge is 0.334 e. The Morgan fingerprint density at radius 2 is 1.91 bits per heavy atom. The Kier molecular flexibility index (Phi) is 4.27. The van der Waals surface area contributed by atoms with Gasteiger partial charge in [-0.1, -0.05) is 12.2 Å². The number of likely N-dealkylation sites (N-methyl/N-ethyl adjacent to an activating group) is 1. The van der Waals surface area contributed by atoms with Crippen LogP contribution in [0.2, 0.25) is 0 Å². The third kappa shape index (κ3) is 3.03. The molecule has 0 saturated carbocycles. The molecule has 0 heterocycles. The lowest BCUT2D eigenvalue weighted by Crippen LogP contribution is -2.21. The molecule has 0 atom stereocenters. The van der Waals surface area contributed by atoms with E-state index in [0.29, 0.717) is 5.84 Å².